The molecule has 16 heavy (non-hydrogen) atoms. The second-order valence-electron chi connectivity index (χ2n) is 3.18. The van der Waals surface area contributed by atoms with Gasteiger partial charge < -0.3 is 5.73 Å². The molecule has 0 spiro atoms. The molecule has 4 nitrogen and oxygen atoms in total. The van der Waals surface area contributed by atoms with Crippen LogP contribution in [0.15, 0.2) is 35.1 Å². The fraction of sp³-hybridized carbons (Fsp3) is 0. The first kappa shape index (κ1) is 11.6. The van der Waals surface area contributed by atoms with Crippen molar-refractivity contribution < 1.29 is 0 Å². The average molecular weight is 391 g/mol. The first-order chi connectivity index (χ1) is 7.58. The van der Waals surface area contributed by atoms with Crippen molar-refractivity contribution in [2.24, 2.45) is 5.73 Å². The van der Waals surface area contributed by atoms with Crippen molar-refractivity contribution in [1.29, 1.82) is 5.41 Å². The Kier molecular flexibility index (Phi) is 3.29. The third-order valence-corrected chi connectivity index (χ3v) is 3.27. The second-order valence-corrected chi connectivity index (χ2v) is 5.28. The van der Waals surface area contributed by atoms with Gasteiger partial charge >= 0.3 is 0 Å². The maximum Gasteiger partial charge on any atom is 0.123 e. The van der Waals surface area contributed by atoms with Crippen LogP contribution in [0, 0.1) is 8.98 Å². The van der Waals surface area contributed by atoms with E-state index in [4.69, 9.17) is 11.1 Å². The molecule has 3 N–H and O–H groups in total. The molecule has 1 aromatic heterocycles. The Morgan fingerprint density at radius 2 is 2.25 bits per heavy atom. The highest BCUT2D eigenvalue weighted by Gasteiger charge is 2.05. The molecule has 2 rings (SSSR count). The Morgan fingerprint density at radius 3 is 2.75 bits per heavy atom. The van der Waals surface area contributed by atoms with E-state index in [-0.39, 0.29) is 5.84 Å². The third kappa shape index (κ3) is 2.27. The lowest BCUT2D eigenvalue weighted by Gasteiger charge is -2.05. The van der Waals surface area contributed by atoms with Crippen molar-refractivity contribution in [2.45, 2.75) is 0 Å². The van der Waals surface area contributed by atoms with Crippen LogP contribution in [0.2, 0.25) is 0 Å². The minimum Gasteiger partial charge on any atom is -0.384 e. The predicted molar refractivity (Wildman–Crippen MR) is 75.0 cm³/mol. The Balaban J connectivity index is 2.45. The van der Waals surface area contributed by atoms with Crippen molar-refractivity contribution in [3.63, 3.8) is 0 Å². The largest absolute Gasteiger partial charge is 0.384 e. The minimum atomic E-state index is 0.0495. The summed E-state index contributed by atoms with van der Waals surface area (Å²) in [4.78, 5) is 0. The smallest absolute Gasteiger partial charge is 0.123 e. The average Bonchev–Trinajstić information content (AvgIpc) is 2.64. The van der Waals surface area contributed by atoms with Crippen molar-refractivity contribution in [1.82, 2.24) is 9.78 Å². The number of benzene rings is 1. The normalized spacial score (nSPS) is 10.4. The van der Waals surface area contributed by atoms with Crippen molar-refractivity contribution in [2.75, 3.05) is 0 Å². The van der Waals surface area contributed by atoms with Crippen LogP contribution < -0.4 is 5.73 Å². The number of halogens is 2. The van der Waals surface area contributed by atoms with Gasteiger partial charge in [-0.2, -0.15) is 5.10 Å². The summed E-state index contributed by atoms with van der Waals surface area (Å²) >= 11 is 5.59. The molecule has 82 valence electrons. The molecule has 0 saturated carbocycles. The SMILES string of the molecule is N=C(N)c1ccc(-n2cc(I)cn2)cc1Br. The summed E-state index contributed by atoms with van der Waals surface area (Å²) in [5.41, 5.74) is 7.05. The molecule has 0 bridgehead atoms. The van der Waals surface area contributed by atoms with Crippen LogP contribution in [0.5, 0.6) is 0 Å². The first-order valence-corrected chi connectivity index (χ1v) is 6.29. The van der Waals surface area contributed by atoms with Gasteiger partial charge in [-0.1, -0.05) is 0 Å². The molecule has 0 unspecified atom stereocenters. The van der Waals surface area contributed by atoms with Crippen molar-refractivity contribution in [3.05, 3.63) is 44.2 Å². The number of aromatic nitrogens is 2. The predicted octanol–water partition coefficient (Wildman–Crippen LogP) is 2.52. The maximum absolute atomic E-state index is 7.38. The van der Waals surface area contributed by atoms with E-state index in [1.54, 1.807) is 16.9 Å². The van der Waals surface area contributed by atoms with Gasteiger partial charge in [0, 0.05) is 16.2 Å². The Labute approximate surface area is 115 Å². The fourth-order valence-electron chi connectivity index (χ4n) is 1.31. The van der Waals surface area contributed by atoms with Gasteiger partial charge in [0.25, 0.3) is 0 Å². The topological polar surface area (TPSA) is 67.7 Å². The standard InChI is InChI=1S/C10H8BrIN4/c11-9-3-7(1-2-8(9)10(13)14)16-5-6(12)4-15-16/h1-5H,(H3,13,14). The summed E-state index contributed by atoms with van der Waals surface area (Å²) in [5, 5.41) is 11.6. The summed E-state index contributed by atoms with van der Waals surface area (Å²) in [5.74, 6) is 0.0495. The Bertz CT molecular complexity index is 550. The molecule has 0 amide bonds. The molecule has 1 aromatic carbocycles. The number of rotatable bonds is 2. The van der Waals surface area contributed by atoms with Crippen molar-refractivity contribution in [3.8, 4) is 5.69 Å². The van der Waals surface area contributed by atoms with E-state index in [1.807, 2.05) is 18.3 Å². The highest BCUT2D eigenvalue weighted by molar-refractivity contribution is 14.1. The monoisotopic (exact) mass is 390 g/mol. The van der Waals surface area contributed by atoms with Gasteiger partial charge in [-0.15, -0.1) is 0 Å². The van der Waals surface area contributed by atoms with Crippen LogP contribution in [0.3, 0.4) is 0 Å². The number of nitrogens with one attached hydrogen (secondary N) is 1. The molecular formula is C10H8BrIN4. The lowest BCUT2D eigenvalue weighted by atomic mass is 10.2. The molecule has 0 fully saturated rings. The van der Waals surface area contributed by atoms with Crippen LogP contribution >= 0.6 is 38.5 Å². The highest BCUT2D eigenvalue weighted by atomic mass is 127. The van der Waals surface area contributed by atoms with Gasteiger partial charge in [-0.3, -0.25) is 5.41 Å². The van der Waals surface area contributed by atoms with Gasteiger partial charge in [0.05, 0.1) is 15.5 Å². The summed E-state index contributed by atoms with van der Waals surface area (Å²) in [6.45, 7) is 0. The van der Waals surface area contributed by atoms with E-state index in [0.29, 0.717) is 5.56 Å². The Hall–Kier alpha value is -0.890. The highest BCUT2D eigenvalue weighted by Crippen LogP contribution is 2.20. The van der Waals surface area contributed by atoms with E-state index >= 15 is 0 Å². The summed E-state index contributed by atoms with van der Waals surface area (Å²) in [6, 6.07) is 5.57. The molecular weight excluding hydrogens is 383 g/mol. The van der Waals surface area contributed by atoms with E-state index in [2.05, 4.69) is 43.6 Å². The lowest BCUT2D eigenvalue weighted by molar-refractivity contribution is 0.879. The number of nitrogens with zero attached hydrogens (tertiary/aromatic N) is 2. The molecule has 0 aliphatic carbocycles. The molecule has 0 atom stereocenters. The zero-order valence-electron chi connectivity index (χ0n) is 8.11. The van der Waals surface area contributed by atoms with Crippen LogP contribution in [0.4, 0.5) is 0 Å². The molecule has 2 aromatic rings. The van der Waals surface area contributed by atoms with Gasteiger partial charge in [0.1, 0.15) is 5.84 Å². The van der Waals surface area contributed by atoms with Gasteiger partial charge in [0.15, 0.2) is 0 Å². The quantitative estimate of drug-likeness (QED) is 0.470. The van der Waals surface area contributed by atoms with Crippen LogP contribution in [-0.2, 0) is 0 Å². The lowest BCUT2D eigenvalue weighted by Crippen LogP contribution is -2.12. The Morgan fingerprint density at radius 1 is 1.50 bits per heavy atom. The molecule has 0 aliphatic rings. The zero-order valence-corrected chi connectivity index (χ0v) is 11.9. The zero-order chi connectivity index (χ0) is 11.7. The van der Waals surface area contributed by atoms with Gasteiger partial charge in [0.2, 0.25) is 0 Å². The molecule has 1 heterocycles. The van der Waals surface area contributed by atoms with E-state index < -0.39 is 0 Å². The minimum absolute atomic E-state index is 0.0495. The summed E-state index contributed by atoms with van der Waals surface area (Å²) in [6.07, 6.45) is 3.71. The number of nitrogens with two attached hydrogens (primary N) is 1. The summed E-state index contributed by atoms with van der Waals surface area (Å²) in [7, 11) is 0. The van der Waals surface area contributed by atoms with Gasteiger partial charge in [-0.25, -0.2) is 4.68 Å². The first-order valence-electron chi connectivity index (χ1n) is 4.42. The van der Waals surface area contributed by atoms with E-state index in [1.165, 1.54) is 0 Å². The van der Waals surface area contributed by atoms with Crippen molar-refractivity contribution >= 4 is 44.4 Å². The van der Waals surface area contributed by atoms with Crippen LogP contribution in [-0.4, -0.2) is 15.6 Å². The maximum atomic E-state index is 7.38. The van der Waals surface area contributed by atoms with E-state index in [0.717, 1.165) is 13.7 Å². The van der Waals surface area contributed by atoms with Crippen LogP contribution in [0.25, 0.3) is 5.69 Å². The molecule has 0 radical (unpaired) electrons. The molecule has 0 aliphatic heterocycles. The molecule has 0 saturated heterocycles. The summed E-state index contributed by atoms with van der Waals surface area (Å²) < 4.78 is 3.64. The van der Waals surface area contributed by atoms with Gasteiger partial charge in [-0.05, 0) is 56.7 Å². The second kappa shape index (κ2) is 4.54. The fourth-order valence-corrected chi connectivity index (χ4v) is 2.28. The number of amidine groups is 1. The van der Waals surface area contributed by atoms with E-state index in [9.17, 15) is 0 Å². The third-order valence-electron chi connectivity index (χ3n) is 2.06. The number of hydrogen-bond acceptors (Lipinski definition) is 2. The number of hydrogen-bond donors (Lipinski definition) is 2. The number of nitrogen functional groups attached to an aromatic ring is 1. The molecule has 6 heteroatoms. The van der Waals surface area contributed by atoms with Crippen LogP contribution in [0.1, 0.15) is 5.56 Å².